The number of sulfonamides is 1. The minimum Gasteiger partial charge on any atom is -0.381 e. The van der Waals surface area contributed by atoms with Gasteiger partial charge in [-0.05, 0) is 20.3 Å². The molecule has 0 aromatic carbocycles. The molecule has 6 heteroatoms. The first kappa shape index (κ1) is 15.8. The molecule has 0 bridgehead atoms. The van der Waals surface area contributed by atoms with Gasteiger partial charge in [0.25, 0.3) is 0 Å². The largest absolute Gasteiger partial charge is 0.381 e. The van der Waals surface area contributed by atoms with E-state index in [-0.39, 0.29) is 12.4 Å². The fourth-order valence-corrected chi connectivity index (χ4v) is 2.75. The first-order valence-corrected chi connectivity index (χ1v) is 7.19. The highest BCUT2D eigenvalue weighted by atomic mass is 32.2. The van der Waals surface area contributed by atoms with E-state index in [4.69, 9.17) is 10.5 Å². The quantitative estimate of drug-likeness (QED) is 0.635. The summed E-state index contributed by atoms with van der Waals surface area (Å²) in [4.78, 5) is 0. The third-order valence-electron chi connectivity index (χ3n) is 3.07. The van der Waals surface area contributed by atoms with Crippen molar-refractivity contribution in [3.63, 3.8) is 0 Å². The topological polar surface area (TPSA) is 72.6 Å². The Hall–Kier alpha value is -0.170. The summed E-state index contributed by atoms with van der Waals surface area (Å²) in [5.74, 6) is 0.00687. The second-order valence-electron chi connectivity index (χ2n) is 4.04. The summed E-state index contributed by atoms with van der Waals surface area (Å²) in [5.41, 5.74) is 5.12. The second-order valence-corrected chi connectivity index (χ2v) is 6.15. The molecule has 1 unspecified atom stereocenters. The van der Waals surface area contributed by atoms with E-state index in [2.05, 4.69) is 0 Å². The Morgan fingerprint density at radius 2 is 1.94 bits per heavy atom. The average molecular weight is 252 g/mol. The van der Waals surface area contributed by atoms with E-state index in [9.17, 15) is 8.42 Å². The third kappa shape index (κ3) is 4.01. The molecule has 0 radical (unpaired) electrons. The highest BCUT2D eigenvalue weighted by Crippen LogP contribution is 2.19. The van der Waals surface area contributed by atoms with Crippen LogP contribution in [0.15, 0.2) is 0 Å². The summed E-state index contributed by atoms with van der Waals surface area (Å²) < 4.78 is 30.4. The van der Waals surface area contributed by atoms with Crippen molar-refractivity contribution in [1.29, 1.82) is 0 Å². The Kier molecular flexibility index (Phi) is 6.47. The van der Waals surface area contributed by atoms with Crippen LogP contribution in [0, 0.1) is 0 Å². The van der Waals surface area contributed by atoms with Gasteiger partial charge in [0, 0.05) is 25.7 Å². The van der Waals surface area contributed by atoms with Gasteiger partial charge in [-0.25, -0.2) is 8.42 Å². The van der Waals surface area contributed by atoms with Gasteiger partial charge < -0.3 is 10.5 Å². The molecule has 0 amide bonds. The molecule has 0 rings (SSSR count). The molecule has 16 heavy (non-hydrogen) atoms. The van der Waals surface area contributed by atoms with Crippen LogP contribution in [0.25, 0.3) is 0 Å². The van der Waals surface area contributed by atoms with E-state index in [1.807, 2.05) is 20.8 Å². The Bertz CT molecular complexity index is 286. The van der Waals surface area contributed by atoms with Crippen molar-refractivity contribution in [2.24, 2.45) is 5.73 Å². The fraction of sp³-hybridized carbons (Fsp3) is 1.00. The van der Waals surface area contributed by atoms with Gasteiger partial charge in [-0.3, -0.25) is 0 Å². The van der Waals surface area contributed by atoms with Crippen LogP contribution < -0.4 is 5.73 Å². The predicted molar refractivity (Wildman–Crippen MR) is 65.8 cm³/mol. The zero-order chi connectivity index (χ0) is 12.8. The smallest absolute Gasteiger partial charge is 0.216 e. The minimum absolute atomic E-state index is 0.00687. The Balaban J connectivity index is 4.62. The second kappa shape index (κ2) is 6.54. The van der Waals surface area contributed by atoms with E-state index in [1.165, 1.54) is 4.31 Å². The standard InChI is InChI=1S/C10H24N2O3S/c1-5-10(3,9-11)12(4)16(13,14)8-7-15-6-2/h5-9,11H2,1-4H3. The molecule has 98 valence electrons. The minimum atomic E-state index is -3.29. The number of likely N-dealkylation sites (N-methyl/N-ethyl adjacent to an activating group) is 1. The highest BCUT2D eigenvalue weighted by molar-refractivity contribution is 7.89. The Labute approximate surface area is 99.0 Å². The van der Waals surface area contributed by atoms with Gasteiger partial charge in [0.1, 0.15) is 0 Å². The molecule has 2 N–H and O–H groups in total. The van der Waals surface area contributed by atoms with Gasteiger partial charge in [-0.15, -0.1) is 0 Å². The lowest BCUT2D eigenvalue weighted by molar-refractivity contribution is 0.160. The summed E-state index contributed by atoms with van der Waals surface area (Å²) >= 11 is 0. The molecule has 0 saturated carbocycles. The molecule has 0 fully saturated rings. The molecule has 0 aliphatic heterocycles. The fourth-order valence-electron chi connectivity index (χ4n) is 1.28. The van der Waals surface area contributed by atoms with Crippen molar-refractivity contribution in [3.8, 4) is 0 Å². The Morgan fingerprint density at radius 3 is 2.31 bits per heavy atom. The maximum Gasteiger partial charge on any atom is 0.216 e. The van der Waals surface area contributed by atoms with Gasteiger partial charge in [0.05, 0.1) is 12.4 Å². The van der Waals surface area contributed by atoms with Crippen LogP contribution in [0.2, 0.25) is 0 Å². The van der Waals surface area contributed by atoms with Crippen LogP contribution in [0.4, 0.5) is 0 Å². The first-order chi connectivity index (χ1) is 7.34. The lowest BCUT2D eigenvalue weighted by Gasteiger charge is -2.36. The van der Waals surface area contributed by atoms with Crippen molar-refractivity contribution in [2.45, 2.75) is 32.7 Å². The number of hydrogen-bond acceptors (Lipinski definition) is 4. The normalized spacial score (nSPS) is 16.4. The molecule has 0 aromatic heterocycles. The van der Waals surface area contributed by atoms with Crippen molar-refractivity contribution < 1.29 is 13.2 Å². The third-order valence-corrected chi connectivity index (χ3v) is 5.03. The predicted octanol–water partition coefficient (Wildman–Crippen LogP) is 0.412. The lowest BCUT2D eigenvalue weighted by Crippen LogP contribution is -2.52. The molecule has 0 aliphatic carbocycles. The summed E-state index contributed by atoms with van der Waals surface area (Å²) in [6.45, 7) is 6.70. The van der Waals surface area contributed by atoms with Crippen molar-refractivity contribution in [2.75, 3.05) is 32.6 Å². The molecule has 0 saturated heterocycles. The van der Waals surface area contributed by atoms with Gasteiger partial charge in [-0.2, -0.15) is 4.31 Å². The van der Waals surface area contributed by atoms with Crippen LogP contribution in [-0.2, 0) is 14.8 Å². The number of ether oxygens (including phenoxy) is 1. The van der Waals surface area contributed by atoms with Crippen LogP contribution in [0.1, 0.15) is 27.2 Å². The zero-order valence-corrected chi connectivity index (χ0v) is 11.5. The maximum absolute atomic E-state index is 12.0. The first-order valence-electron chi connectivity index (χ1n) is 5.58. The van der Waals surface area contributed by atoms with Crippen LogP contribution >= 0.6 is 0 Å². The van der Waals surface area contributed by atoms with E-state index in [1.54, 1.807) is 7.05 Å². The molecule has 0 aliphatic rings. The lowest BCUT2D eigenvalue weighted by atomic mass is 10.00. The number of rotatable bonds is 8. The van der Waals surface area contributed by atoms with Crippen molar-refractivity contribution in [1.82, 2.24) is 4.31 Å². The summed E-state index contributed by atoms with van der Waals surface area (Å²) in [6, 6.07) is 0. The van der Waals surface area contributed by atoms with E-state index < -0.39 is 15.6 Å². The average Bonchev–Trinajstić information content (AvgIpc) is 2.27. The Morgan fingerprint density at radius 1 is 1.38 bits per heavy atom. The number of hydrogen-bond donors (Lipinski definition) is 1. The number of nitrogens with zero attached hydrogens (tertiary/aromatic N) is 1. The van der Waals surface area contributed by atoms with Crippen molar-refractivity contribution in [3.05, 3.63) is 0 Å². The van der Waals surface area contributed by atoms with Crippen LogP contribution in [0.3, 0.4) is 0 Å². The molecule has 0 spiro atoms. The zero-order valence-electron chi connectivity index (χ0n) is 10.7. The summed E-state index contributed by atoms with van der Waals surface area (Å²) in [6.07, 6.45) is 0.688. The summed E-state index contributed by atoms with van der Waals surface area (Å²) in [5, 5.41) is 0. The summed E-state index contributed by atoms with van der Waals surface area (Å²) in [7, 11) is -1.71. The van der Waals surface area contributed by atoms with Gasteiger partial charge >= 0.3 is 0 Å². The van der Waals surface area contributed by atoms with E-state index >= 15 is 0 Å². The number of nitrogens with two attached hydrogens (primary N) is 1. The SMILES string of the molecule is CCOCCS(=O)(=O)N(C)C(C)(CC)CN. The van der Waals surface area contributed by atoms with Crippen LogP contribution in [-0.4, -0.2) is 50.8 Å². The van der Waals surface area contributed by atoms with Crippen LogP contribution in [0.5, 0.6) is 0 Å². The van der Waals surface area contributed by atoms with E-state index in [0.29, 0.717) is 19.6 Å². The van der Waals surface area contributed by atoms with Gasteiger partial charge in [-0.1, -0.05) is 6.92 Å². The maximum atomic E-state index is 12.0. The van der Waals surface area contributed by atoms with E-state index in [0.717, 1.165) is 0 Å². The molecule has 0 heterocycles. The monoisotopic (exact) mass is 252 g/mol. The van der Waals surface area contributed by atoms with Gasteiger partial charge in [0.15, 0.2) is 0 Å². The molecule has 5 nitrogen and oxygen atoms in total. The van der Waals surface area contributed by atoms with Crippen molar-refractivity contribution >= 4 is 10.0 Å². The molecule has 1 atom stereocenters. The molecule has 0 aromatic rings. The molecular formula is C10H24N2O3S. The highest BCUT2D eigenvalue weighted by Gasteiger charge is 2.33. The molecular weight excluding hydrogens is 228 g/mol. The van der Waals surface area contributed by atoms with Gasteiger partial charge in [0.2, 0.25) is 10.0 Å².